The molecular formula is C12H16BrFN2. The number of likely N-dealkylation sites (N-methyl/N-ethyl adjacent to an activating group) is 1. The summed E-state index contributed by atoms with van der Waals surface area (Å²) in [6, 6.07) is 5.68. The molecule has 4 heteroatoms. The molecule has 1 aliphatic rings. The van der Waals surface area contributed by atoms with E-state index in [0.717, 1.165) is 29.7 Å². The third kappa shape index (κ3) is 2.62. The fourth-order valence-corrected chi connectivity index (χ4v) is 2.32. The van der Waals surface area contributed by atoms with Crippen LogP contribution in [0.1, 0.15) is 12.5 Å². The van der Waals surface area contributed by atoms with Crippen LogP contribution < -0.4 is 5.32 Å². The Hall–Kier alpha value is -0.450. The molecular weight excluding hydrogens is 271 g/mol. The highest BCUT2D eigenvalue weighted by molar-refractivity contribution is 9.10. The van der Waals surface area contributed by atoms with Crippen LogP contribution in [-0.4, -0.2) is 30.6 Å². The molecule has 1 fully saturated rings. The highest BCUT2D eigenvalue weighted by Crippen LogP contribution is 2.18. The number of halogens is 2. The van der Waals surface area contributed by atoms with Gasteiger partial charge in [0.15, 0.2) is 0 Å². The van der Waals surface area contributed by atoms with Gasteiger partial charge in [-0.1, -0.05) is 22.9 Å². The van der Waals surface area contributed by atoms with Crippen LogP contribution in [0.5, 0.6) is 0 Å². The van der Waals surface area contributed by atoms with Crippen LogP contribution in [0.4, 0.5) is 4.39 Å². The Morgan fingerprint density at radius 1 is 1.50 bits per heavy atom. The van der Waals surface area contributed by atoms with Crippen molar-refractivity contribution in [3.8, 4) is 0 Å². The maximum atomic E-state index is 13.6. The number of hydrogen-bond donors (Lipinski definition) is 1. The van der Waals surface area contributed by atoms with E-state index in [0.29, 0.717) is 12.6 Å². The standard InChI is InChI=1S/C12H16BrFN2/c1-2-16(11-6-15-7-11)8-9-5-10(13)3-4-12(9)14/h3-5,11,15H,2,6-8H2,1H3. The lowest BCUT2D eigenvalue weighted by Gasteiger charge is -2.37. The number of rotatable bonds is 4. The van der Waals surface area contributed by atoms with Crippen LogP contribution in [0.3, 0.4) is 0 Å². The summed E-state index contributed by atoms with van der Waals surface area (Å²) in [4.78, 5) is 2.31. The third-order valence-corrected chi connectivity index (χ3v) is 3.56. The van der Waals surface area contributed by atoms with Crippen molar-refractivity contribution >= 4 is 15.9 Å². The van der Waals surface area contributed by atoms with E-state index in [-0.39, 0.29) is 5.82 Å². The van der Waals surface area contributed by atoms with Crippen molar-refractivity contribution in [1.29, 1.82) is 0 Å². The Morgan fingerprint density at radius 3 is 2.81 bits per heavy atom. The quantitative estimate of drug-likeness (QED) is 0.914. The van der Waals surface area contributed by atoms with E-state index >= 15 is 0 Å². The van der Waals surface area contributed by atoms with Gasteiger partial charge in [-0.15, -0.1) is 0 Å². The predicted octanol–water partition coefficient (Wildman–Crippen LogP) is 2.38. The normalized spacial score (nSPS) is 16.5. The zero-order valence-electron chi connectivity index (χ0n) is 9.34. The first kappa shape index (κ1) is 12.0. The van der Waals surface area contributed by atoms with Gasteiger partial charge in [0.25, 0.3) is 0 Å². The molecule has 0 spiro atoms. The molecule has 0 amide bonds. The first-order chi connectivity index (χ1) is 7.70. The van der Waals surface area contributed by atoms with Crippen molar-refractivity contribution in [2.24, 2.45) is 0 Å². The topological polar surface area (TPSA) is 15.3 Å². The lowest BCUT2D eigenvalue weighted by molar-refractivity contribution is 0.143. The molecule has 1 aliphatic heterocycles. The average Bonchev–Trinajstić information content (AvgIpc) is 2.19. The Labute approximate surface area is 104 Å². The van der Waals surface area contributed by atoms with Crippen molar-refractivity contribution in [1.82, 2.24) is 10.2 Å². The molecule has 88 valence electrons. The van der Waals surface area contributed by atoms with Crippen molar-refractivity contribution < 1.29 is 4.39 Å². The van der Waals surface area contributed by atoms with E-state index in [1.54, 1.807) is 6.07 Å². The summed E-state index contributed by atoms with van der Waals surface area (Å²) in [6.45, 7) is 5.80. The fraction of sp³-hybridized carbons (Fsp3) is 0.500. The fourth-order valence-electron chi connectivity index (χ4n) is 1.91. The van der Waals surface area contributed by atoms with E-state index in [9.17, 15) is 4.39 Å². The first-order valence-corrected chi connectivity index (χ1v) is 6.38. The molecule has 2 nitrogen and oxygen atoms in total. The zero-order chi connectivity index (χ0) is 11.5. The molecule has 1 N–H and O–H groups in total. The first-order valence-electron chi connectivity index (χ1n) is 5.59. The smallest absolute Gasteiger partial charge is 0.127 e. The van der Waals surface area contributed by atoms with Crippen LogP contribution in [0.15, 0.2) is 22.7 Å². The van der Waals surface area contributed by atoms with E-state index in [4.69, 9.17) is 0 Å². The Kier molecular flexibility index (Phi) is 3.95. The molecule has 2 rings (SSSR count). The van der Waals surface area contributed by atoms with Crippen molar-refractivity contribution in [3.05, 3.63) is 34.1 Å². The van der Waals surface area contributed by atoms with Crippen LogP contribution >= 0.6 is 15.9 Å². The summed E-state index contributed by atoms with van der Waals surface area (Å²) in [7, 11) is 0. The summed E-state index contributed by atoms with van der Waals surface area (Å²) in [6.07, 6.45) is 0. The highest BCUT2D eigenvalue weighted by Gasteiger charge is 2.23. The van der Waals surface area contributed by atoms with Crippen molar-refractivity contribution in [2.45, 2.75) is 19.5 Å². The van der Waals surface area contributed by atoms with E-state index in [1.165, 1.54) is 6.07 Å². The number of benzene rings is 1. The van der Waals surface area contributed by atoms with Gasteiger partial charge in [0, 0.05) is 35.7 Å². The van der Waals surface area contributed by atoms with Gasteiger partial charge in [-0.2, -0.15) is 0 Å². The second-order valence-corrected chi connectivity index (χ2v) is 5.03. The molecule has 0 unspecified atom stereocenters. The monoisotopic (exact) mass is 286 g/mol. The van der Waals surface area contributed by atoms with E-state index < -0.39 is 0 Å². The minimum Gasteiger partial charge on any atom is -0.314 e. The summed E-state index contributed by atoms with van der Waals surface area (Å²) < 4.78 is 14.5. The van der Waals surface area contributed by atoms with E-state index in [2.05, 4.69) is 33.1 Å². The van der Waals surface area contributed by atoms with Gasteiger partial charge in [-0.25, -0.2) is 4.39 Å². The van der Waals surface area contributed by atoms with Crippen molar-refractivity contribution in [2.75, 3.05) is 19.6 Å². The Morgan fingerprint density at radius 2 is 2.25 bits per heavy atom. The van der Waals surface area contributed by atoms with Gasteiger partial charge >= 0.3 is 0 Å². The predicted molar refractivity (Wildman–Crippen MR) is 66.8 cm³/mol. The van der Waals surface area contributed by atoms with Crippen LogP contribution in [-0.2, 0) is 6.54 Å². The largest absolute Gasteiger partial charge is 0.314 e. The Balaban J connectivity index is 2.08. The summed E-state index contributed by atoms with van der Waals surface area (Å²) in [5, 5.41) is 3.24. The summed E-state index contributed by atoms with van der Waals surface area (Å²) in [5.41, 5.74) is 0.767. The second-order valence-electron chi connectivity index (χ2n) is 4.11. The number of hydrogen-bond acceptors (Lipinski definition) is 2. The molecule has 0 saturated carbocycles. The molecule has 1 heterocycles. The molecule has 0 atom stereocenters. The third-order valence-electron chi connectivity index (χ3n) is 3.06. The molecule has 16 heavy (non-hydrogen) atoms. The lowest BCUT2D eigenvalue weighted by Crippen LogP contribution is -2.56. The molecule has 0 radical (unpaired) electrons. The highest BCUT2D eigenvalue weighted by atomic mass is 79.9. The second kappa shape index (κ2) is 5.25. The van der Waals surface area contributed by atoms with Crippen LogP contribution in [0.25, 0.3) is 0 Å². The van der Waals surface area contributed by atoms with Gasteiger partial charge in [0.2, 0.25) is 0 Å². The van der Waals surface area contributed by atoms with Crippen LogP contribution in [0.2, 0.25) is 0 Å². The maximum absolute atomic E-state index is 13.6. The van der Waals surface area contributed by atoms with Crippen molar-refractivity contribution in [3.63, 3.8) is 0 Å². The maximum Gasteiger partial charge on any atom is 0.127 e. The molecule has 1 aromatic rings. The molecule has 0 aliphatic carbocycles. The van der Waals surface area contributed by atoms with E-state index in [1.807, 2.05) is 6.07 Å². The van der Waals surface area contributed by atoms with Gasteiger partial charge in [0.1, 0.15) is 5.82 Å². The Bertz CT molecular complexity index is 366. The summed E-state index contributed by atoms with van der Waals surface area (Å²) in [5.74, 6) is -0.117. The molecule has 1 saturated heterocycles. The summed E-state index contributed by atoms with van der Waals surface area (Å²) >= 11 is 3.38. The van der Waals surface area contributed by atoms with Gasteiger partial charge in [-0.05, 0) is 24.7 Å². The minimum atomic E-state index is -0.117. The average molecular weight is 287 g/mol. The van der Waals surface area contributed by atoms with Gasteiger partial charge in [-0.3, -0.25) is 4.90 Å². The molecule has 1 aromatic carbocycles. The van der Waals surface area contributed by atoms with Gasteiger partial charge in [0.05, 0.1) is 0 Å². The number of nitrogens with zero attached hydrogens (tertiary/aromatic N) is 1. The zero-order valence-corrected chi connectivity index (χ0v) is 10.9. The lowest BCUT2D eigenvalue weighted by atomic mass is 10.1. The van der Waals surface area contributed by atoms with Crippen LogP contribution in [0, 0.1) is 5.82 Å². The molecule has 0 aromatic heterocycles. The SMILES string of the molecule is CCN(Cc1cc(Br)ccc1F)C1CNC1. The minimum absolute atomic E-state index is 0.117. The molecule has 0 bridgehead atoms. The van der Waals surface area contributed by atoms with Gasteiger partial charge < -0.3 is 5.32 Å². The number of nitrogens with one attached hydrogen (secondary N) is 1.